The molecule has 0 bridgehead atoms. The van der Waals surface area contributed by atoms with Crippen LogP contribution in [-0.2, 0) is 11.2 Å². The van der Waals surface area contributed by atoms with Crippen molar-refractivity contribution in [2.45, 2.75) is 13.3 Å². The molecule has 2 N–H and O–H groups in total. The summed E-state index contributed by atoms with van der Waals surface area (Å²) in [7, 11) is 3.43. The summed E-state index contributed by atoms with van der Waals surface area (Å²) in [5.74, 6) is 0.565. The van der Waals surface area contributed by atoms with Gasteiger partial charge in [0.25, 0.3) is 0 Å². The van der Waals surface area contributed by atoms with Crippen LogP contribution in [0.1, 0.15) is 12.6 Å². The summed E-state index contributed by atoms with van der Waals surface area (Å²) in [4.78, 5) is 21.7. The van der Waals surface area contributed by atoms with Gasteiger partial charge in [-0.3, -0.25) is 9.78 Å². The summed E-state index contributed by atoms with van der Waals surface area (Å²) < 4.78 is 0. The summed E-state index contributed by atoms with van der Waals surface area (Å²) in [6, 6.07) is 5.84. The Morgan fingerprint density at radius 3 is 2.65 bits per heavy atom. The summed E-state index contributed by atoms with van der Waals surface area (Å²) in [6.07, 6.45) is 2.57. The molecular formula is C16H26IN5O. The Hall–Kier alpha value is -1.64. The molecule has 128 valence electrons. The zero-order valence-electron chi connectivity index (χ0n) is 14.0. The van der Waals surface area contributed by atoms with Crippen molar-refractivity contribution in [1.82, 2.24) is 20.5 Å². The fraction of sp³-hybridized carbons (Fsp3) is 0.438. The molecule has 0 aromatic carbocycles. The molecule has 0 saturated heterocycles. The van der Waals surface area contributed by atoms with Crippen molar-refractivity contribution in [3.63, 3.8) is 0 Å². The fourth-order valence-corrected chi connectivity index (χ4v) is 1.55. The number of hydrogen-bond acceptors (Lipinski definition) is 3. The normalized spacial score (nSPS) is 10.5. The predicted molar refractivity (Wildman–Crippen MR) is 105 cm³/mol. The van der Waals surface area contributed by atoms with Gasteiger partial charge in [-0.1, -0.05) is 18.2 Å². The van der Waals surface area contributed by atoms with E-state index in [0.717, 1.165) is 17.7 Å². The number of hydrogen-bond donors (Lipinski definition) is 2. The highest BCUT2D eigenvalue weighted by molar-refractivity contribution is 14.0. The van der Waals surface area contributed by atoms with Gasteiger partial charge in [0.2, 0.25) is 5.91 Å². The van der Waals surface area contributed by atoms with Crippen LogP contribution in [0, 0.1) is 0 Å². The largest absolute Gasteiger partial charge is 0.356 e. The lowest BCUT2D eigenvalue weighted by molar-refractivity contribution is -0.127. The maximum absolute atomic E-state index is 11.6. The molecule has 0 aliphatic rings. The lowest BCUT2D eigenvalue weighted by Crippen LogP contribution is -2.40. The number of pyridine rings is 1. The number of aliphatic imine (C=N–C) groups is 1. The Labute approximate surface area is 155 Å². The topological polar surface area (TPSA) is 69.6 Å². The molecule has 1 aromatic rings. The molecule has 0 unspecified atom stereocenters. The van der Waals surface area contributed by atoms with E-state index in [1.807, 2.05) is 25.1 Å². The molecule has 1 rings (SSSR count). The van der Waals surface area contributed by atoms with Gasteiger partial charge in [0, 0.05) is 45.5 Å². The van der Waals surface area contributed by atoms with Gasteiger partial charge in [-0.25, -0.2) is 4.99 Å². The predicted octanol–water partition coefficient (Wildman–Crippen LogP) is 1.44. The lowest BCUT2D eigenvalue weighted by Gasteiger charge is -2.13. The lowest BCUT2D eigenvalue weighted by atomic mass is 10.3. The Bertz CT molecular complexity index is 516. The minimum atomic E-state index is -0.0406. The first-order chi connectivity index (χ1) is 10.5. The Morgan fingerprint density at radius 2 is 2.09 bits per heavy atom. The van der Waals surface area contributed by atoms with Crippen molar-refractivity contribution in [1.29, 1.82) is 0 Å². The highest BCUT2D eigenvalue weighted by Crippen LogP contribution is 1.93. The molecule has 0 radical (unpaired) electrons. The number of likely N-dealkylation sites (N-methyl/N-ethyl adjacent to an activating group) is 1. The van der Waals surface area contributed by atoms with Crippen molar-refractivity contribution in [3.8, 4) is 0 Å². The summed E-state index contributed by atoms with van der Waals surface area (Å²) in [5, 5.41) is 6.35. The van der Waals surface area contributed by atoms with Crippen molar-refractivity contribution in [3.05, 3.63) is 42.2 Å². The van der Waals surface area contributed by atoms with E-state index in [1.165, 1.54) is 4.90 Å². The van der Waals surface area contributed by atoms with Gasteiger partial charge < -0.3 is 15.5 Å². The maximum Gasteiger partial charge on any atom is 0.243 e. The molecule has 0 saturated carbocycles. The Balaban J connectivity index is 0.00000484. The van der Waals surface area contributed by atoms with Crippen molar-refractivity contribution in [2.75, 3.05) is 33.7 Å². The van der Waals surface area contributed by atoms with Crippen LogP contribution in [0.25, 0.3) is 0 Å². The van der Waals surface area contributed by atoms with Gasteiger partial charge in [0.1, 0.15) is 6.54 Å². The van der Waals surface area contributed by atoms with Gasteiger partial charge in [-0.05, 0) is 19.1 Å². The molecule has 0 aliphatic carbocycles. The van der Waals surface area contributed by atoms with Crippen LogP contribution in [-0.4, -0.2) is 55.5 Å². The van der Waals surface area contributed by atoms with Gasteiger partial charge >= 0.3 is 0 Å². The average Bonchev–Trinajstić information content (AvgIpc) is 2.49. The number of rotatable bonds is 7. The number of guanidine groups is 1. The molecule has 1 aromatic heterocycles. The molecule has 7 heteroatoms. The number of nitrogens with zero attached hydrogens (tertiary/aromatic N) is 3. The maximum atomic E-state index is 11.6. The first-order valence-electron chi connectivity index (χ1n) is 7.25. The van der Waals surface area contributed by atoms with E-state index >= 15 is 0 Å². The first-order valence-corrected chi connectivity index (χ1v) is 7.25. The molecule has 0 atom stereocenters. The van der Waals surface area contributed by atoms with E-state index in [-0.39, 0.29) is 36.4 Å². The number of amides is 1. The number of carbonyl (C=O) groups is 1. The zero-order chi connectivity index (χ0) is 16.4. The van der Waals surface area contributed by atoms with E-state index in [1.54, 1.807) is 20.3 Å². The summed E-state index contributed by atoms with van der Waals surface area (Å²) >= 11 is 0. The molecule has 0 aliphatic heterocycles. The summed E-state index contributed by atoms with van der Waals surface area (Å²) in [5.41, 5.74) is 2.01. The van der Waals surface area contributed by atoms with Crippen molar-refractivity contribution in [2.24, 2.45) is 4.99 Å². The molecule has 1 amide bonds. The third-order valence-electron chi connectivity index (χ3n) is 2.83. The Morgan fingerprint density at radius 1 is 1.35 bits per heavy atom. The first kappa shape index (κ1) is 21.4. The molecule has 1 heterocycles. The standard InChI is InChI=1S/C16H25N5O.HI/c1-13(2)11-19-16(20-12-15(22)21(3)4)18-10-8-14-7-5-6-9-17-14;/h5-7,9H,1,8,10-12H2,2-4H3,(H2,18,19,20);1H. The number of carbonyl (C=O) groups excluding carboxylic acids is 1. The minimum absolute atomic E-state index is 0. The van der Waals surface area contributed by atoms with Crippen molar-refractivity contribution < 1.29 is 4.79 Å². The van der Waals surface area contributed by atoms with Crippen LogP contribution >= 0.6 is 24.0 Å². The van der Waals surface area contributed by atoms with Gasteiger partial charge in [0.15, 0.2) is 5.96 Å². The molecule has 0 spiro atoms. The second kappa shape index (κ2) is 11.9. The second-order valence-corrected chi connectivity index (χ2v) is 5.26. The van der Waals surface area contributed by atoms with E-state index in [9.17, 15) is 4.79 Å². The number of nitrogens with one attached hydrogen (secondary N) is 2. The smallest absolute Gasteiger partial charge is 0.243 e. The van der Waals surface area contributed by atoms with E-state index < -0.39 is 0 Å². The van der Waals surface area contributed by atoms with Crippen LogP contribution in [0.15, 0.2) is 41.5 Å². The van der Waals surface area contributed by atoms with E-state index in [0.29, 0.717) is 19.0 Å². The summed E-state index contributed by atoms with van der Waals surface area (Å²) in [6.45, 7) is 7.20. The van der Waals surface area contributed by atoms with Crippen LogP contribution in [0.3, 0.4) is 0 Å². The second-order valence-electron chi connectivity index (χ2n) is 5.26. The van der Waals surface area contributed by atoms with Gasteiger partial charge in [-0.15, -0.1) is 24.0 Å². The highest BCUT2D eigenvalue weighted by atomic mass is 127. The van der Waals surface area contributed by atoms with Crippen LogP contribution in [0.4, 0.5) is 0 Å². The van der Waals surface area contributed by atoms with Crippen LogP contribution in [0.5, 0.6) is 0 Å². The molecule has 0 fully saturated rings. The molecule has 6 nitrogen and oxygen atoms in total. The third kappa shape index (κ3) is 9.88. The van der Waals surface area contributed by atoms with Crippen LogP contribution in [0.2, 0.25) is 0 Å². The van der Waals surface area contributed by atoms with Crippen LogP contribution < -0.4 is 10.6 Å². The number of halogens is 1. The SMILES string of the molecule is C=C(C)CNC(=NCC(=O)N(C)C)NCCc1ccccn1.I. The van der Waals surface area contributed by atoms with Gasteiger partial charge in [0.05, 0.1) is 0 Å². The number of aromatic nitrogens is 1. The Kier molecular flexibility index (Phi) is 11.0. The van der Waals surface area contributed by atoms with E-state index in [4.69, 9.17) is 0 Å². The van der Waals surface area contributed by atoms with Crippen molar-refractivity contribution >= 4 is 35.8 Å². The fourth-order valence-electron chi connectivity index (χ4n) is 1.55. The minimum Gasteiger partial charge on any atom is -0.356 e. The van der Waals surface area contributed by atoms with E-state index in [2.05, 4.69) is 27.2 Å². The third-order valence-corrected chi connectivity index (χ3v) is 2.83. The quantitative estimate of drug-likeness (QED) is 0.297. The monoisotopic (exact) mass is 431 g/mol. The highest BCUT2D eigenvalue weighted by Gasteiger charge is 2.04. The van der Waals surface area contributed by atoms with Gasteiger partial charge in [-0.2, -0.15) is 0 Å². The zero-order valence-corrected chi connectivity index (χ0v) is 16.3. The average molecular weight is 431 g/mol. The molecular weight excluding hydrogens is 405 g/mol. The molecule has 23 heavy (non-hydrogen) atoms.